The predicted octanol–water partition coefficient (Wildman–Crippen LogP) is 3.27. The summed E-state index contributed by atoms with van der Waals surface area (Å²) in [6.45, 7) is 0. The Labute approximate surface area is 115 Å². The molecule has 2 aliphatic carbocycles. The zero-order valence-electron chi connectivity index (χ0n) is 10.4. The standard InChI is InChI=1S/C12H15ClN4O2/c13-10-9(17(18)19)12(14-8-3-1-2-4-8)16-11(15-10)7-5-6-7/h7-8H,1-6H2,(H,14,15,16). The number of nitrogens with one attached hydrogen (secondary N) is 1. The van der Waals surface area contributed by atoms with Crippen molar-refractivity contribution >= 4 is 23.1 Å². The van der Waals surface area contributed by atoms with Crippen molar-refractivity contribution in [1.29, 1.82) is 0 Å². The molecule has 2 saturated carbocycles. The van der Waals surface area contributed by atoms with Crippen LogP contribution < -0.4 is 5.32 Å². The first kappa shape index (κ1) is 12.6. The van der Waals surface area contributed by atoms with E-state index in [0.29, 0.717) is 17.6 Å². The van der Waals surface area contributed by atoms with Gasteiger partial charge in [0.1, 0.15) is 5.82 Å². The predicted molar refractivity (Wildman–Crippen MR) is 71.6 cm³/mol. The molecule has 7 heteroatoms. The largest absolute Gasteiger partial charge is 0.361 e. The van der Waals surface area contributed by atoms with Crippen LogP contribution in [0.5, 0.6) is 0 Å². The summed E-state index contributed by atoms with van der Waals surface area (Å²) >= 11 is 5.95. The highest BCUT2D eigenvalue weighted by molar-refractivity contribution is 6.31. The molecule has 0 bridgehead atoms. The lowest BCUT2D eigenvalue weighted by Crippen LogP contribution is -2.18. The third kappa shape index (κ3) is 2.63. The molecule has 2 fully saturated rings. The van der Waals surface area contributed by atoms with E-state index in [1.54, 1.807) is 0 Å². The van der Waals surface area contributed by atoms with Crippen LogP contribution in [-0.4, -0.2) is 20.9 Å². The summed E-state index contributed by atoms with van der Waals surface area (Å²) in [5.74, 6) is 1.25. The van der Waals surface area contributed by atoms with E-state index in [0.717, 1.165) is 38.5 Å². The highest BCUT2D eigenvalue weighted by Gasteiger charge is 2.32. The molecule has 1 aromatic heterocycles. The molecular weight excluding hydrogens is 268 g/mol. The van der Waals surface area contributed by atoms with Gasteiger partial charge in [-0.2, -0.15) is 0 Å². The molecule has 0 aromatic carbocycles. The van der Waals surface area contributed by atoms with E-state index in [-0.39, 0.29) is 16.9 Å². The van der Waals surface area contributed by atoms with Crippen molar-refractivity contribution in [2.24, 2.45) is 0 Å². The Morgan fingerprint density at radius 1 is 1.21 bits per heavy atom. The van der Waals surface area contributed by atoms with Crippen LogP contribution in [0.25, 0.3) is 0 Å². The Hall–Kier alpha value is -1.43. The van der Waals surface area contributed by atoms with Crippen LogP contribution in [0.4, 0.5) is 11.5 Å². The van der Waals surface area contributed by atoms with Gasteiger partial charge in [0.15, 0.2) is 0 Å². The number of nitro groups is 1. The fraction of sp³-hybridized carbons (Fsp3) is 0.667. The second-order valence-corrected chi connectivity index (χ2v) is 5.58. The Balaban J connectivity index is 1.94. The zero-order valence-corrected chi connectivity index (χ0v) is 11.2. The second kappa shape index (κ2) is 4.92. The number of anilines is 1. The summed E-state index contributed by atoms with van der Waals surface area (Å²) in [7, 11) is 0. The van der Waals surface area contributed by atoms with Crippen LogP contribution in [0.2, 0.25) is 5.15 Å². The maximum Gasteiger partial charge on any atom is 0.348 e. The molecule has 6 nitrogen and oxygen atoms in total. The number of aromatic nitrogens is 2. The quantitative estimate of drug-likeness (QED) is 0.521. The van der Waals surface area contributed by atoms with Crippen LogP contribution >= 0.6 is 11.6 Å². The minimum atomic E-state index is -0.504. The molecular formula is C12H15ClN4O2. The molecule has 0 saturated heterocycles. The minimum Gasteiger partial charge on any atom is -0.361 e. The average molecular weight is 283 g/mol. The lowest BCUT2D eigenvalue weighted by molar-refractivity contribution is -0.384. The van der Waals surface area contributed by atoms with Crippen LogP contribution in [0.15, 0.2) is 0 Å². The molecule has 3 rings (SSSR count). The van der Waals surface area contributed by atoms with Gasteiger partial charge in [-0.3, -0.25) is 10.1 Å². The molecule has 19 heavy (non-hydrogen) atoms. The number of hydrogen-bond donors (Lipinski definition) is 1. The van der Waals surface area contributed by atoms with Crippen molar-refractivity contribution < 1.29 is 4.92 Å². The third-order valence-electron chi connectivity index (χ3n) is 3.68. The van der Waals surface area contributed by atoms with Crippen molar-refractivity contribution in [3.05, 3.63) is 21.1 Å². The Bertz CT molecular complexity index is 513. The fourth-order valence-corrected chi connectivity index (χ4v) is 2.74. The lowest BCUT2D eigenvalue weighted by atomic mass is 10.2. The molecule has 0 amide bonds. The molecule has 0 radical (unpaired) electrons. The van der Waals surface area contributed by atoms with E-state index in [4.69, 9.17) is 11.6 Å². The summed E-state index contributed by atoms with van der Waals surface area (Å²) in [5, 5.41) is 14.2. The molecule has 1 N–H and O–H groups in total. The number of nitrogens with zero attached hydrogens (tertiary/aromatic N) is 3. The fourth-order valence-electron chi connectivity index (χ4n) is 2.49. The van der Waals surface area contributed by atoms with Gasteiger partial charge < -0.3 is 5.32 Å². The van der Waals surface area contributed by atoms with Crippen LogP contribution in [0.3, 0.4) is 0 Å². The lowest BCUT2D eigenvalue weighted by Gasteiger charge is -2.13. The molecule has 2 aliphatic rings. The van der Waals surface area contributed by atoms with Crippen molar-refractivity contribution in [1.82, 2.24) is 9.97 Å². The average Bonchev–Trinajstić information content (AvgIpc) is 3.08. The van der Waals surface area contributed by atoms with E-state index in [1.807, 2.05) is 0 Å². The van der Waals surface area contributed by atoms with E-state index in [9.17, 15) is 10.1 Å². The first-order valence-electron chi connectivity index (χ1n) is 6.63. The summed E-state index contributed by atoms with van der Waals surface area (Å²) in [6.07, 6.45) is 6.43. The van der Waals surface area contributed by atoms with E-state index in [1.165, 1.54) is 0 Å². The Kier molecular flexibility index (Phi) is 3.26. The molecule has 102 valence electrons. The first-order valence-corrected chi connectivity index (χ1v) is 7.01. The summed E-state index contributed by atoms with van der Waals surface area (Å²) in [4.78, 5) is 19.0. The highest BCUT2D eigenvalue weighted by atomic mass is 35.5. The summed E-state index contributed by atoms with van der Waals surface area (Å²) < 4.78 is 0. The molecule has 0 atom stereocenters. The molecule has 1 aromatic rings. The van der Waals surface area contributed by atoms with Crippen molar-refractivity contribution in [3.63, 3.8) is 0 Å². The number of rotatable bonds is 4. The van der Waals surface area contributed by atoms with Gasteiger partial charge in [0.25, 0.3) is 0 Å². The molecule has 0 spiro atoms. The topological polar surface area (TPSA) is 81.0 Å². The van der Waals surface area contributed by atoms with Crippen molar-refractivity contribution in [2.45, 2.75) is 50.5 Å². The van der Waals surface area contributed by atoms with Gasteiger partial charge in [0.2, 0.25) is 11.0 Å². The molecule has 1 heterocycles. The van der Waals surface area contributed by atoms with Crippen LogP contribution in [0.1, 0.15) is 50.3 Å². The normalized spacial score (nSPS) is 19.6. The Morgan fingerprint density at radius 3 is 2.47 bits per heavy atom. The van der Waals surface area contributed by atoms with E-state index in [2.05, 4.69) is 15.3 Å². The summed E-state index contributed by atoms with van der Waals surface area (Å²) in [5.41, 5.74) is -0.196. The van der Waals surface area contributed by atoms with Gasteiger partial charge in [0.05, 0.1) is 4.92 Å². The van der Waals surface area contributed by atoms with Crippen LogP contribution in [0, 0.1) is 10.1 Å². The first-order chi connectivity index (χ1) is 9.15. The maximum absolute atomic E-state index is 11.1. The number of halogens is 1. The highest BCUT2D eigenvalue weighted by Crippen LogP contribution is 2.41. The van der Waals surface area contributed by atoms with Crippen LogP contribution in [-0.2, 0) is 0 Å². The van der Waals surface area contributed by atoms with Crippen molar-refractivity contribution in [3.8, 4) is 0 Å². The smallest absolute Gasteiger partial charge is 0.348 e. The van der Waals surface area contributed by atoms with Gasteiger partial charge in [-0.15, -0.1) is 0 Å². The molecule has 0 unspecified atom stereocenters. The Morgan fingerprint density at radius 2 is 1.89 bits per heavy atom. The zero-order chi connectivity index (χ0) is 13.4. The van der Waals surface area contributed by atoms with E-state index >= 15 is 0 Å². The molecule has 0 aliphatic heterocycles. The second-order valence-electron chi connectivity index (χ2n) is 5.23. The maximum atomic E-state index is 11.1. The monoisotopic (exact) mass is 282 g/mol. The van der Waals surface area contributed by atoms with Gasteiger partial charge in [-0.1, -0.05) is 24.4 Å². The van der Waals surface area contributed by atoms with Gasteiger partial charge in [-0.05, 0) is 25.7 Å². The minimum absolute atomic E-state index is 0.0533. The van der Waals surface area contributed by atoms with Gasteiger partial charge in [0, 0.05) is 12.0 Å². The SMILES string of the molecule is O=[N+]([O-])c1c(Cl)nc(C2CC2)nc1NC1CCCC1. The van der Waals surface area contributed by atoms with Gasteiger partial charge >= 0.3 is 5.69 Å². The van der Waals surface area contributed by atoms with E-state index < -0.39 is 4.92 Å². The summed E-state index contributed by atoms with van der Waals surface area (Å²) in [6, 6.07) is 0.261. The van der Waals surface area contributed by atoms with Gasteiger partial charge in [-0.25, -0.2) is 9.97 Å². The van der Waals surface area contributed by atoms with Crippen molar-refractivity contribution in [2.75, 3.05) is 5.32 Å². The number of hydrogen-bond acceptors (Lipinski definition) is 5. The third-order valence-corrected chi connectivity index (χ3v) is 3.94.